The highest BCUT2D eigenvalue weighted by molar-refractivity contribution is 5.78. The largest absolute Gasteiger partial charge is 0.355 e. The average molecular weight is 276 g/mol. The lowest BCUT2D eigenvalue weighted by Gasteiger charge is -2.18. The quantitative estimate of drug-likeness (QED) is 0.394. The van der Waals surface area contributed by atoms with Gasteiger partial charge in [-0.3, -0.25) is 19.9 Å². The monoisotopic (exact) mass is 276 g/mol. The number of hydrogen-bond acceptors (Lipinski definition) is 4. The molecule has 0 spiro atoms. The molecule has 2 amide bonds. The molecule has 0 aromatic heterocycles. The van der Waals surface area contributed by atoms with E-state index in [9.17, 15) is 9.59 Å². The van der Waals surface area contributed by atoms with Crippen LogP contribution in [0.5, 0.6) is 0 Å². The van der Waals surface area contributed by atoms with Crippen LogP contribution in [0.1, 0.15) is 17.5 Å². The molecule has 1 aromatic rings. The van der Waals surface area contributed by atoms with Crippen molar-refractivity contribution in [3.05, 3.63) is 35.4 Å². The van der Waals surface area contributed by atoms with Gasteiger partial charge in [0.05, 0.1) is 13.0 Å². The molecule has 1 aliphatic heterocycles. The predicted octanol–water partition coefficient (Wildman–Crippen LogP) is -0.459. The zero-order valence-electron chi connectivity index (χ0n) is 11.4. The number of nitrogens with two attached hydrogens (primary N) is 1. The minimum absolute atomic E-state index is 0.0822. The third-order valence-electron chi connectivity index (χ3n) is 3.30. The van der Waals surface area contributed by atoms with Crippen molar-refractivity contribution in [3.63, 3.8) is 0 Å². The number of hydrazine groups is 1. The number of nitrogens with one attached hydrogen (secondary N) is 2. The molecule has 0 bridgehead atoms. The van der Waals surface area contributed by atoms with Crippen LogP contribution < -0.4 is 16.6 Å². The molecule has 1 heterocycles. The van der Waals surface area contributed by atoms with E-state index in [1.54, 1.807) is 0 Å². The topological polar surface area (TPSA) is 87.5 Å². The Morgan fingerprint density at radius 1 is 1.30 bits per heavy atom. The fourth-order valence-corrected chi connectivity index (χ4v) is 2.26. The van der Waals surface area contributed by atoms with Crippen molar-refractivity contribution >= 4 is 11.8 Å². The van der Waals surface area contributed by atoms with Crippen molar-refractivity contribution < 1.29 is 9.59 Å². The number of carbonyl (C=O) groups excluding carboxylic acids is 2. The molecule has 0 aliphatic carbocycles. The van der Waals surface area contributed by atoms with Crippen molar-refractivity contribution in [1.82, 2.24) is 15.6 Å². The van der Waals surface area contributed by atoms with Crippen molar-refractivity contribution in [2.24, 2.45) is 5.84 Å². The molecule has 6 heteroatoms. The highest BCUT2D eigenvalue weighted by Crippen LogP contribution is 2.09. The molecule has 1 aliphatic rings. The van der Waals surface area contributed by atoms with E-state index in [0.717, 1.165) is 37.2 Å². The second kappa shape index (κ2) is 7.02. The Bertz CT molecular complexity index is 473. The first-order chi connectivity index (χ1) is 9.67. The number of rotatable bonds is 4. The fraction of sp³-hybridized carbons (Fsp3) is 0.429. The van der Waals surface area contributed by atoms with Gasteiger partial charge in [-0.15, -0.1) is 0 Å². The first-order valence-corrected chi connectivity index (χ1v) is 6.73. The lowest BCUT2D eigenvalue weighted by atomic mass is 10.1. The van der Waals surface area contributed by atoms with Crippen LogP contribution in [0.15, 0.2) is 24.3 Å². The van der Waals surface area contributed by atoms with E-state index in [-0.39, 0.29) is 18.2 Å². The molecule has 2 rings (SSSR count). The van der Waals surface area contributed by atoms with Crippen LogP contribution in [0, 0.1) is 0 Å². The second-order valence-corrected chi connectivity index (χ2v) is 4.97. The van der Waals surface area contributed by atoms with E-state index in [1.807, 2.05) is 24.3 Å². The normalized spacial score (nSPS) is 16.4. The van der Waals surface area contributed by atoms with Crippen molar-refractivity contribution in [2.75, 3.05) is 19.6 Å². The van der Waals surface area contributed by atoms with E-state index in [4.69, 9.17) is 5.84 Å². The van der Waals surface area contributed by atoms with Gasteiger partial charge >= 0.3 is 0 Å². The van der Waals surface area contributed by atoms with Crippen molar-refractivity contribution in [2.45, 2.75) is 19.4 Å². The summed E-state index contributed by atoms with van der Waals surface area (Å²) in [5.74, 6) is 4.93. The predicted molar refractivity (Wildman–Crippen MR) is 75.4 cm³/mol. The Morgan fingerprint density at radius 3 is 2.70 bits per heavy atom. The van der Waals surface area contributed by atoms with Gasteiger partial charge in [0.2, 0.25) is 11.8 Å². The summed E-state index contributed by atoms with van der Waals surface area (Å²) in [4.78, 5) is 24.8. The number of hydrogen-bond donors (Lipinski definition) is 3. The van der Waals surface area contributed by atoms with Crippen LogP contribution in [0.4, 0.5) is 0 Å². The van der Waals surface area contributed by atoms with Crippen LogP contribution >= 0.6 is 0 Å². The first-order valence-electron chi connectivity index (χ1n) is 6.73. The summed E-state index contributed by atoms with van der Waals surface area (Å²) in [7, 11) is 0. The summed E-state index contributed by atoms with van der Waals surface area (Å²) in [5.41, 5.74) is 4.17. The molecular weight excluding hydrogens is 256 g/mol. The lowest BCUT2D eigenvalue weighted by Crippen LogP contribution is -2.32. The molecule has 1 aromatic carbocycles. The SMILES string of the molecule is NNC(=O)Cc1ccc(CN2CCCNC(=O)C2)cc1. The van der Waals surface area contributed by atoms with E-state index in [0.29, 0.717) is 6.54 Å². The van der Waals surface area contributed by atoms with E-state index >= 15 is 0 Å². The third kappa shape index (κ3) is 4.32. The van der Waals surface area contributed by atoms with Gasteiger partial charge in [0.15, 0.2) is 0 Å². The second-order valence-electron chi connectivity index (χ2n) is 4.97. The summed E-state index contributed by atoms with van der Waals surface area (Å²) in [6, 6.07) is 7.81. The Kier molecular flexibility index (Phi) is 5.09. The molecule has 1 fully saturated rings. The molecule has 0 atom stereocenters. The molecular formula is C14H20N4O2. The number of carbonyl (C=O) groups is 2. The maximum absolute atomic E-state index is 11.5. The molecule has 1 saturated heterocycles. The van der Waals surface area contributed by atoms with Crippen molar-refractivity contribution in [3.8, 4) is 0 Å². The van der Waals surface area contributed by atoms with Crippen LogP contribution in [0.3, 0.4) is 0 Å². The number of nitrogens with zero attached hydrogens (tertiary/aromatic N) is 1. The van der Waals surface area contributed by atoms with E-state index in [2.05, 4.69) is 15.6 Å². The first kappa shape index (κ1) is 14.5. The zero-order chi connectivity index (χ0) is 14.4. The molecule has 20 heavy (non-hydrogen) atoms. The van der Waals surface area contributed by atoms with Crippen LogP contribution in [-0.4, -0.2) is 36.3 Å². The maximum atomic E-state index is 11.5. The molecule has 0 unspecified atom stereocenters. The van der Waals surface area contributed by atoms with Gasteiger partial charge in [-0.2, -0.15) is 0 Å². The fourth-order valence-electron chi connectivity index (χ4n) is 2.26. The molecule has 6 nitrogen and oxygen atoms in total. The summed E-state index contributed by atoms with van der Waals surface area (Å²) in [5, 5.41) is 2.86. The molecule has 108 valence electrons. The standard InChI is InChI=1S/C14H20N4O2/c15-17-13(19)8-11-2-4-12(5-3-11)9-18-7-1-6-16-14(20)10-18/h2-5H,1,6-10,15H2,(H,16,20)(H,17,19). The Balaban J connectivity index is 1.92. The highest BCUT2D eigenvalue weighted by Gasteiger charge is 2.14. The molecule has 0 radical (unpaired) electrons. The van der Waals surface area contributed by atoms with Gasteiger partial charge in [0.25, 0.3) is 0 Å². The zero-order valence-corrected chi connectivity index (χ0v) is 11.4. The summed E-state index contributed by atoms with van der Waals surface area (Å²) >= 11 is 0. The van der Waals surface area contributed by atoms with E-state index in [1.165, 1.54) is 0 Å². The van der Waals surface area contributed by atoms with Crippen LogP contribution in [0.25, 0.3) is 0 Å². The van der Waals surface area contributed by atoms with Gasteiger partial charge in [-0.1, -0.05) is 24.3 Å². The van der Waals surface area contributed by atoms with Gasteiger partial charge in [0.1, 0.15) is 0 Å². The van der Waals surface area contributed by atoms with Gasteiger partial charge in [-0.25, -0.2) is 5.84 Å². The highest BCUT2D eigenvalue weighted by atomic mass is 16.2. The Hall–Kier alpha value is -1.92. The van der Waals surface area contributed by atoms with Gasteiger partial charge in [0, 0.05) is 19.6 Å². The Morgan fingerprint density at radius 2 is 2.00 bits per heavy atom. The minimum atomic E-state index is -0.207. The number of amides is 2. The van der Waals surface area contributed by atoms with Crippen LogP contribution in [0.2, 0.25) is 0 Å². The summed E-state index contributed by atoms with van der Waals surface area (Å²) in [6.07, 6.45) is 1.25. The average Bonchev–Trinajstić information content (AvgIpc) is 2.65. The minimum Gasteiger partial charge on any atom is -0.355 e. The van der Waals surface area contributed by atoms with Gasteiger partial charge in [-0.05, 0) is 17.5 Å². The summed E-state index contributed by atoms with van der Waals surface area (Å²) in [6.45, 7) is 2.85. The number of benzene rings is 1. The molecule has 4 N–H and O–H groups in total. The van der Waals surface area contributed by atoms with Crippen molar-refractivity contribution in [1.29, 1.82) is 0 Å². The third-order valence-corrected chi connectivity index (χ3v) is 3.30. The van der Waals surface area contributed by atoms with Crippen LogP contribution in [-0.2, 0) is 22.6 Å². The van der Waals surface area contributed by atoms with Gasteiger partial charge < -0.3 is 5.32 Å². The summed E-state index contributed by atoms with van der Waals surface area (Å²) < 4.78 is 0. The Labute approximate surface area is 118 Å². The molecule has 0 saturated carbocycles. The smallest absolute Gasteiger partial charge is 0.238 e. The maximum Gasteiger partial charge on any atom is 0.238 e. The van der Waals surface area contributed by atoms with E-state index < -0.39 is 0 Å². The lowest BCUT2D eigenvalue weighted by molar-refractivity contribution is -0.122.